The lowest BCUT2D eigenvalue weighted by molar-refractivity contribution is 0.194. The molecule has 0 saturated carbocycles. The van der Waals surface area contributed by atoms with Crippen LogP contribution in [0.25, 0.3) is 0 Å². The molecule has 2 unspecified atom stereocenters. The van der Waals surface area contributed by atoms with Crippen molar-refractivity contribution in [3.63, 3.8) is 0 Å². The molecule has 0 aliphatic heterocycles. The van der Waals surface area contributed by atoms with E-state index >= 15 is 0 Å². The molecule has 0 aromatic heterocycles. The molecule has 2 heteroatoms. The third-order valence-corrected chi connectivity index (χ3v) is 2.37. The van der Waals surface area contributed by atoms with Crippen LogP contribution < -0.4 is 0 Å². The first-order valence-electron chi connectivity index (χ1n) is 4.22. The summed E-state index contributed by atoms with van der Waals surface area (Å²) >= 11 is 0. The summed E-state index contributed by atoms with van der Waals surface area (Å²) < 4.78 is 0. The van der Waals surface area contributed by atoms with Gasteiger partial charge in [-0.15, -0.1) is 0 Å². The van der Waals surface area contributed by atoms with Gasteiger partial charge >= 0.3 is 0 Å². The fourth-order valence-electron chi connectivity index (χ4n) is 0.999. The van der Waals surface area contributed by atoms with Crippen molar-refractivity contribution in [2.24, 2.45) is 0 Å². The largest absolute Gasteiger partial charge is 0.300 e. The maximum absolute atomic E-state index is 8.46. The molecule has 0 bridgehead atoms. The Bertz CT molecular complexity index is 137. The Balaban J connectivity index is 3.82. The molecular formula is C9H18N2. The third-order valence-electron chi connectivity index (χ3n) is 2.37. The topological polar surface area (TPSA) is 27.0 Å². The van der Waals surface area contributed by atoms with Gasteiger partial charge in [0.05, 0.1) is 12.5 Å². The molecule has 2 atom stereocenters. The van der Waals surface area contributed by atoms with E-state index in [-0.39, 0.29) is 0 Å². The minimum Gasteiger partial charge on any atom is -0.300 e. The van der Waals surface area contributed by atoms with Crippen LogP contribution in [-0.4, -0.2) is 24.0 Å². The van der Waals surface area contributed by atoms with Crippen LogP contribution in [0.15, 0.2) is 0 Å². The quantitative estimate of drug-likeness (QED) is 0.619. The molecule has 0 rings (SSSR count). The summed E-state index contributed by atoms with van der Waals surface area (Å²) in [6, 6.07) is 3.15. The first kappa shape index (κ1) is 10.4. The molecule has 0 saturated heterocycles. The molecule has 0 aliphatic carbocycles. The van der Waals surface area contributed by atoms with Gasteiger partial charge in [0.25, 0.3) is 0 Å². The lowest BCUT2D eigenvalue weighted by Crippen LogP contribution is -2.36. The van der Waals surface area contributed by atoms with Crippen LogP contribution in [0.3, 0.4) is 0 Å². The van der Waals surface area contributed by atoms with Crippen molar-refractivity contribution in [1.82, 2.24) is 4.90 Å². The lowest BCUT2D eigenvalue weighted by Gasteiger charge is -2.28. The summed E-state index contributed by atoms with van der Waals surface area (Å²) in [5.74, 6) is 0. The molecule has 0 radical (unpaired) electrons. The smallest absolute Gasteiger partial charge is 0.0638 e. The molecule has 2 nitrogen and oxygen atoms in total. The molecule has 0 amide bonds. The molecule has 0 fully saturated rings. The molecular weight excluding hydrogens is 136 g/mol. The molecule has 0 N–H and O–H groups in total. The van der Waals surface area contributed by atoms with Crippen molar-refractivity contribution in [2.75, 3.05) is 7.05 Å². The molecule has 0 aromatic rings. The second-order valence-corrected chi connectivity index (χ2v) is 3.13. The standard InChI is InChI=1S/C9H18N2/c1-5-8(2)11(4)9(3)6-7-10/h8-9H,5-6H2,1-4H3. The van der Waals surface area contributed by atoms with Crippen LogP contribution in [0.5, 0.6) is 0 Å². The Kier molecular flexibility index (Phi) is 4.89. The van der Waals surface area contributed by atoms with Gasteiger partial charge in [-0.2, -0.15) is 5.26 Å². The number of nitriles is 1. The van der Waals surface area contributed by atoms with Gasteiger partial charge in [0.2, 0.25) is 0 Å². The fourth-order valence-corrected chi connectivity index (χ4v) is 0.999. The maximum atomic E-state index is 8.46. The summed E-state index contributed by atoms with van der Waals surface area (Å²) in [6.07, 6.45) is 1.77. The van der Waals surface area contributed by atoms with Crippen molar-refractivity contribution in [3.8, 4) is 6.07 Å². The van der Waals surface area contributed by atoms with E-state index in [0.717, 1.165) is 6.42 Å². The summed E-state index contributed by atoms with van der Waals surface area (Å²) in [7, 11) is 2.08. The van der Waals surface area contributed by atoms with Crippen molar-refractivity contribution in [3.05, 3.63) is 0 Å². The van der Waals surface area contributed by atoms with Gasteiger partial charge in [-0.05, 0) is 27.3 Å². The highest BCUT2D eigenvalue weighted by Gasteiger charge is 2.12. The van der Waals surface area contributed by atoms with E-state index in [2.05, 4.69) is 38.8 Å². The normalized spacial score (nSPS) is 16.0. The van der Waals surface area contributed by atoms with E-state index in [1.165, 1.54) is 0 Å². The third kappa shape index (κ3) is 3.38. The average molecular weight is 154 g/mol. The van der Waals surface area contributed by atoms with Crippen molar-refractivity contribution < 1.29 is 0 Å². The van der Waals surface area contributed by atoms with Crippen LogP contribution >= 0.6 is 0 Å². The van der Waals surface area contributed by atoms with Gasteiger partial charge in [0.15, 0.2) is 0 Å². The zero-order valence-corrected chi connectivity index (χ0v) is 7.96. The Morgan fingerprint density at radius 2 is 1.91 bits per heavy atom. The Morgan fingerprint density at radius 1 is 1.36 bits per heavy atom. The predicted molar refractivity (Wildman–Crippen MR) is 47.2 cm³/mol. The zero-order valence-electron chi connectivity index (χ0n) is 7.96. The van der Waals surface area contributed by atoms with Crippen molar-refractivity contribution in [1.29, 1.82) is 5.26 Å². The first-order chi connectivity index (χ1) is 5.13. The lowest BCUT2D eigenvalue weighted by atomic mass is 10.1. The summed E-state index contributed by atoms with van der Waals surface area (Å²) in [5, 5.41) is 8.46. The zero-order chi connectivity index (χ0) is 8.85. The number of hydrogen-bond donors (Lipinski definition) is 0. The summed E-state index contributed by atoms with van der Waals surface area (Å²) in [5.41, 5.74) is 0. The molecule has 11 heavy (non-hydrogen) atoms. The number of hydrogen-bond acceptors (Lipinski definition) is 2. The SMILES string of the molecule is CCC(C)N(C)C(C)CC#N. The van der Waals surface area contributed by atoms with E-state index in [1.54, 1.807) is 0 Å². The van der Waals surface area contributed by atoms with Gasteiger partial charge in [-0.1, -0.05) is 6.92 Å². The second kappa shape index (κ2) is 5.15. The van der Waals surface area contributed by atoms with E-state index in [0.29, 0.717) is 18.5 Å². The van der Waals surface area contributed by atoms with Gasteiger partial charge in [0.1, 0.15) is 0 Å². The minimum atomic E-state index is 0.384. The molecule has 0 aliphatic rings. The average Bonchev–Trinajstić information content (AvgIpc) is 2.02. The molecule has 64 valence electrons. The molecule has 0 aromatic carbocycles. The number of nitrogens with zero attached hydrogens (tertiary/aromatic N) is 2. The van der Waals surface area contributed by atoms with Crippen LogP contribution in [0, 0.1) is 11.3 Å². The molecule has 0 spiro atoms. The van der Waals surface area contributed by atoms with E-state index < -0.39 is 0 Å². The van der Waals surface area contributed by atoms with Crippen molar-refractivity contribution in [2.45, 2.75) is 45.7 Å². The number of rotatable bonds is 4. The van der Waals surface area contributed by atoms with Gasteiger partial charge in [-0.25, -0.2) is 0 Å². The van der Waals surface area contributed by atoms with E-state index in [9.17, 15) is 0 Å². The van der Waals surface area contributed by atoms with Crippen LogP contribution in [0.4, 0.5) is 0 Å². The van der Waals surface area contributed by atoms with Gasteiger partial charge < -0.3 is 4.90 Å². The monoisotopic (exact) mass is 154 g/mol. The van der Waals surface area contributed by atoms with Gasteiger partial charge in [0, 0.05) is 12.1 Å². The van der Waals surface area contributed by atoms with Crippen LogP contribution in [0.1, 0.15) is 33.6 Å². The summed E-state index contributed by atoms with van der Waals surface area (Å²) in [6.45, 7) is 6.45. The fraction of sp³-hybridized carbons (Fsp3) is 0.889. The highest BCUT2D eigenvalue weighted by atomic mass is 15.1. The Morgan fingerprint density at radius 3 is 2.27 bits per heavy atom. The summed E-state index contributed by atoms with van der Waals surface area (Å²) in [4.78, 5) is 2.25. The van der Waals surface area contributed by atoms with Crippen LogP contribution in [-0.2, 0) is 0 Å². The van der Waals surface area contributed by atoms with Gasteiger partial charge in [-0.3, -0.25) is 0 Å². The Labute approximate surface area is 69.8 Å². The van der Waals surface area contributed by atoms with Crippen LogP contribution in [0.2, 0.25) is 0 Å². The Hall–Kier alpha value is -0.550. The highest BCUT2D eigenvalue weighted by molar-refractivity contribution is 4.80. The highest BCUT2D eigenvalue weighted by Crippen LogP contribution is 2.07. The maximum Gasteiger partial charge on any atom is 0.0638 e. The van der Waals surface area contributed by atoms with Crippen molar-refractivity contribution >= 4 is 0 Å². The van der Waals surface area contributed by atoms with E-state index in [1.807, 2.05) is 0 Å². The second-order valence-electron chi connectivity index (χ2n) is 3.13. The first-order valence-corrected chi connectivity index (χ1v) is 4.22. The molecule has 0 heterocycles. The minimum absolute atomic E-state index is 0.384. The predicted octanol–water partition coefficient (Wildman–Crippen LogP) is 2.02. The van der Waals surface area contributed by atoms with E-state index in [4.69, 9.17) is 5.26 Å².